The highest BCUT2D eigenvalue weighted by Crippen LogP contribution is 2.25. The fourth-order valence-corrected chi connectivity index (χ4v) is 2.89. The average molecular weight is 354 g/mol. The number of aryl methyl sites for hydroxylation is 1. The normalized spacial score (nSPS) is 11.0. The molecule has 1 aromatic carbocycles. The number of fused-ring (bicyclic) bond motifs is 1. The maximum absolute atomic E-state index is 13.6. The van der Waals surface area contributed by atoms with Crippen LogP contribution in [0, 0.1) is 12.7 Å². The Kier molecular flexibility index (Phi) is 3.82. The Labute approximate surface area is 148 Å². The predicted molar refractivity (Wildman–Crippen MR) is 95.6 cm³/mol. The number of hydrogen-bond donors (Lipinski definition) is 1. The van der Waals surface area contributed by atoms with Crippen molar-refractivity contribution >= 4 is 28.8 Å². The minimum absolute atomic E-state index is 0.340. The molecule has 1 N–H and O–H groups in total. The number of rotatable bonds is 3. The molecule has 0 aliphatic carbocycles. The number of anilines is 2. The number of benzene rings is 1. The van der Waals surface area contributed by atoms with E-state index < -0.39 is 0 Å². The summed E-state index contributed by atoms with van der Waals surface area (Å²) in [6.07, 6.45) is 4.64. The van der Waals surface area contributed by atoms with E-state index in [1.165, 1.54) is 12.3 Å². The van der Waals surface area contributed by atoms with Gasteiger partial charge in [-0.05, 0) is 37.3 Å². The van der Waals surface area contributed by atoms with Crippen molar-refractivity contribution in [2.45, 2.75) is 6.92 Å². The Balaban J connectivity index is 1.77. The lowest BCUT2D eigenvalue weighted by Crippen LogP contribution is -1.98. The second kappa shape index (κ2) is 6.14. The summed E-state index contributed by atoms with van der Waals surface area (Å²) in [6.45, 7) is 1.86. The van der Waals surface area contributed by atoms with Crippen molar-refractivity contribution in [1.82, 2.24) is 19.4 Å². The van der Waals surface area contributed by atoms with Crippen LogP contribution >= 0.6 is 11.6 Å². The molecule has 0 atom stereocenters. The summed E-state index contributed by atoms with van der Waals surface area (Å²) in [7, 11) is 0. The molecular formula is C18H13ClFN5. The van der Waals surface area contributed by atoms with Gasteiger partial charge in [-0.1, -0.05) is 17.7 Å². The molecule has 0 radical (unpaired) electrons. The van der Waals surface area contributed by atoms with Crippen molar-refractivity contribution in [3.8, 4) is 11.4 Å². The highest BCUT2D eigenvalue weighted by atomic mass is 35.5. The van der Waals surface area contributed by atoms with E-state index in [1.54, 1.807) is 35.0 Å². The van der Waals surface area contributed by atoms with Crippen molar-refractivity contribution < 1.29 is 4.39 Å². The van der Waals surface area contributed by atoms with Gasteiger partial charge in [0, 0.05) is 16.9 Å². The number of hydrogen-bond acceptors (Lipinski definition) is 4. The first-order valence-corrected chi connectivity index (χ1v) is 7.97. The van der Waals surface area contributed by atoms with Gasteiger partial charge >= 0.3 is 0 Å². The minimum atomic E-state index is -0.340. The predicted octanol–water partition coefficient (Wildman–Crippen LogP) is 4.64. The van der Waals surface area contributed by atoms with E-state index in [9.17, 15) is 4.39 Å². The summed E-state index contributed by atoms with van der Waals surface area (Å²) in [4.78, 5) is 13.3. The van der Waals surface area contributed by atoms with Gasteiger partial charge in [0.2, 0.25) is 0 Å². The molecule has 7 heteroatoms. The quantitative estimate of drug-likeness (QED) is 0.583. The van der Waals surface area contributed by atoms with E-state index in [-0.39, 0.29) is 5.82 Å². The van der Waals surface area contributed by atoms with Crippen LogP contribution in [0.2, 0.25) is 5.02 Å². The number of pyridine rings is 1. The van der Waals surface area contributed by atoms with Crippen LogP contribution in [0.1, 0.15) is 5.69 Å². The van der Waals surface area contributed by atoms with E-state index >= 15 is 0 Å². The molecule has 0 fully saturated rings. The topological polar surface area (TPSA) is 55.1 Å². The molecular weight excluding hydrogens is 341 g/mol. The van der Waals surface area contributed by atoms with Gasteiger partial charge in [0.05, 0.1) is 23.8 Å². The Morgan fingerprint density at radius 3 is 2.84 bits per heavy atom. The SMILES string of the molecule is Cc1nc2ccc(F)cn2c1-c1cncc(Nc2cccc(Cl)c2)n1. The van der Waals surface area contributed by atoms with Gasteiger partial charge in [-0.3, -0.25) is 9.38 Å². The van der Waals surface area contributed by atoms with Crippen LogP contribution in [0.4, 0.5) is 15.9 Å². The van der Waals surface area contributed by atoms with Gasteiger partial charge in [0.25, 0.3) is 0 Å². The van der Waals surface area contributed by atoms with Gasteiger partial charge in [-0.25, -0.2) is 14.4 Å². The molecule has 4 aromatic rings. The van der Waals surface area contributed by atoms with Crippen LogP contribution in [0.15, 0.2) is 55.0 Å². The van der Waals surface area contributed by atoms with Gasteiger partial charge < -0.3 is 5.32 Å². The first kappa shape index (κ1) is 15.5. The maximum atomic E-state index is 13.6. The molecule has 0 spiro atoms. The van der Waals surface area contributed by atoms with E-state index in [0.717, 1.165) is 11.4 Å². The summed E-state index contributed by atoms with van der Waals surface area (Å²) in [5, 5.41) is 3.79. The van der Waals surface area contributed by atoms with Crippen LogP contribution in [-0.2, 0) is 0 Å². The number of nitrogens with one attached hydrogen (secondary N) is 1. The molecule has 0 aliphatic heterocycles. The molecule has 3 aromatic heterocycles. The van der Waals surface area contributed by atoms with Gasteiger partial charge in [-0.2, -0.15) is 0 Å². The minimum Gasteiger partial charge on any atom is -0.339 e. The summed E-state index contributed by atoms with van der Waals surface area (Å²) in [5.41, 5.74) is 3.52. The average Bonchev–Trinajstić information content (AvgIpc) is 2.90. The van der Waals surface area contributed by atoms with Crippen molar-refractivity contribution in [3.05, 3.63) is 71.5 Å². The third kappa shape index (κ3) is 3.04. The summed E-state index contributed by atoms with van der Waals surface area (Å²) in [5.74, 6) is 0.220. The zero-order valence-corrected chi connectivity index (χ0v) is 14.0. The number of imidazole rings is 1. The van der Waals surface area contributed by atoms with Crippen LogP contribution in [-0.4, -0.2) is 19.4 Å². The molecule has 0 saturated carbocycles. The monoisotopic (exact) mass is 353 g/mol. The summed E-state index contributed by atoms with van der Waals surface area (Å²) in [6, 6.07) is 10.3. The Hall–Kier alpha value is -2.99. The second-order valence-electron chi connectivity index (χ2n) is 5.55. The highest BCUT2D eigenvalue weighted by molar-refractivity contribution is 6.30. The first-order valence-electron chi connectivity index (χ1n) is 7.59. The molecule has 0 amide bonds. The van der Waals surface area contributed by atoms with Crippen molar-refractivity contribution in [2.75, 3.05) is 5.32 Å². The van der Waals surface area contributed by atoms with Gasteiger partial charge in [0.15, 0.2) is 0 Å². The lowest BCUT2D eigenvalue weighted by atomic mass is 10.2. The van der Waals surface area contributed by atoms with Crippen LogP contribution in [0.3, 0.4) is 0 Å². The molecule has 0 unspecified atom stereocenters. The van der Waals surface area contributed by atoms with Gasteiger partial charge in [0.1, 0.15) is 23.0 Å². The van der Waals surface area contributed by atoms with Crippen molar-refractivity contribution in [2.24, 2.45) is 0 Å². The largest absolute Gasteiger partial charge is 0.339 e. The number of nitrogens with zero attached hydrogens (tertiary/aromatic N) is 4. The highest BCUT2D eigenvalue weighted by Gasteiger charge is 2.14. The van der Waals surface area contributed by atoms with E-state index in [1.807, 2.05) is 19.1 Å². The van der Waals surface area contributed by atoms with E-state index in [4.69, 9.17) is 11.6 Å². The first-order chi connectivity index (χ1) is 12.1. The number of halogens is 2. The fourth-order valence-electron chi connectivity index (χ4n) is 2.70. The Morgan fingerprint density at radius 1 is 1.12 bits per heavy atom. The molecule has 0 bridgehead atoms. The third-order valence-corrected chi connectivity index (χ3v) is 3.97. The molecule has 5 nitrogen and oxygen atoms in total. The summed E-state index contributed by atoms with van der Waals surface area (Å²) >= 11 is 6.00. The van der Waals surface area contributed by atoms with Crippen LogP contribution in [0.25, 0.3) is 17.0 Å². The molecule has 124 valence electrons. The standard InChI is InChI=1S/C18H13ClFN5/c1-11-18(25-10-13(20)5-6-17(25)22-11)15-8-21-9-16(24-15)23-14-4-2-3-12(19)7-14/h2-10H,1H3,(H,23,24). The Morgan fingerprint density at radius 2 is 2.00 bits per heavy atom. The molecule has 0 aliphatic rings. The third-order valence-electron chi connectivity index (χ3n) is 3.73. The van der Waals surface area contributed by atoms with Crippen LogP contribution < -0.4 is 5.32 Å². The maximum Gasteiger partial charge on any atom is 0.149 e. The molecule has 4 rings (SSSR count). The smallest absolute Gasteiger partial charge is 0.149 e. The lowest BCUT2D eigenvalue weighted by Gasteiger charge is -2.08. The number of aromatic nitrogens is 4. The zero-order chi connectivity index (χ0) is 17.4. The fraction of sp³-hybridized carbons (Fsp3) is 0.0556. The second-order valence-corrected chi connectivity index (χ2v) is 5.98. The molecule has 0 saturated heterocycles. The lowest BCUT2D eigenvalue weighted by molar-refractivity contribution is 0.619. The van der Waals surface area contributed by atoms with Crippen molar-refractivity contribution in [1.29, 1.82) is 0 Å². The van der Waals surface area contributed by atoms with E-state index in [2.05, 4.69) is 20.3 Å². The summed E-state index contributed by atoms with van der Waals surface area (Å²) < 4.78 is 15.3. The van der Waals surface area contributed by atoms with Crippen LogP contribution in [0.5, 0.6) is 0 Å². The van der Waals surface area contributed by atoms with E-state index in [0.29, 0.717) is 27.9 Å². The Bertz CT molecular complexity index is 1080. The molecule has 25 heavy (non-hydrogen) atoms. The molecule has 3 heterocycles. The zero-order valence-electron chi connectivity index (χ0n) is 13.2. The van der Waals surface area contributed by atoms with Crippen molar-refractivity contribution in [3.63, 3.8) is 0 Å². The van der Waals surface area contributed by atoms with Gasteiger partial charge in [-0.15, -0.1) is 0 Å².